The zero-order chi connectivity index (χ0) is 19.6. The quantitative estimate of drug-likeness (QED) is 0.707. The van der Waals surface area contributed by atoms with Crippen LogP contribution in [0.25, 0.3) is 0 Å². The zero-order valence-corrected chi connectivity index (χ0v) is 15.4. The average Bonchev–Trinajstić information content (AvgIpc) is 2.88. The van der Waals surface area contributed by atoms with Gasteiger partial charge in [0, 0.05) is 5.69 Å². The first kappa shape index (κ1) is 18.4. The average molecular weight is 367 g/mol. The largest absolute Gasteiger partial charge is 0.483 e. The molecule has 7 nitrogen and oxygen atoms in total. The molecule has 3 rings (SSSR count). The van der Waals surface area contributed by atoms with E-state index in [4.69, 9.17) is 4.74 Å². The van der Waals surface area contributed by atoms with Crippen molar-refractivity contribution >= 4 is 23.5 Å². The Labute approximate surface area is 157 Å². The molecule has 0 aliphatic carbocycles. The molecule has 140 valence electrons. The Kier molecular flexibility index (Phi) is 4.85. The number of aryl methyl sites for hydroxylation is 2. The highest BCUT2D eigenvalue weighted by Gasteiger charge is 2.43. The number of carbonyl (C=O) groups excluding carboxylic acids is 3. The highest BCUT2D eigenvalue weighted by molar-refractivity contribution is 6.07. The molecule has 1 fully saturated rings. The number of urea groups is 1. The summed E-state index contributed by atoms with van der Waals surface area (Å²) in [6, 6.07) is 12.0. The van der Waals surface area contributed by atoms with Gasteiger partial charge in [0.2, 0.25) is 0 Å². The summed E-state index contributed by atoms with van der Waals surface area (Å²) in [6.07, 6.45) is 0. The summed E-state index contributed by atoms with van der Waals surface area (Å²) in [7, 11) is 0. The third kappa shape index (κ3) is 3.76. The third-order valence-corrected chi connectivity index (χ3v) is 4.55. The van der Waals surface area contributed by atoms with Crippen LogP contribution in [0.3, 0.4) is 0 Å². The number of benzene rings is 2. The van der Waals surface area contributed by atoms with Crippen molar-refractivity contribution in [3.8, 4) is 5.75 Å². The van der Waals surface area contributed by atoms with Gasteiger partial charge in [-0.05, 0) is 49.6 Å². The monoisotopic (exact) mass is 367 g/mol. The number of amides is 4. The minimum Gasteiger partial charge on any atom is -0.483 e. The SMILES string of the molecule is Cc1cccc(C)c1OCC(=O)Nc1ccc([C@]2(C)NC(=O)NC2=O)cc1. The van der Waals surface area contributed by atoms with Crippen molar-refractivity contribution in [3.05, 3.63) is 59.2 Å². The van der Waals surface area contributed by atoms with Crippen molar-refractivity contribution in [1.82, 2.24) is 10.6 Å². The Morgan fingerprint density at radius 2 is 1.70 bits per heavy atom. The molecule has 1 saturated heterocycles. The number of hydrogen-bond donors (Lipinski definition) is 3. The molecule has 0 bridgehead atoms. The van der Waals surface area contributed by atoms with Crippen LogP contribution >= 0.6 is 0 Å². The van der Waals surface area contributed by atoms with E-state index >= 15 is 0 Å². The lowest BCUT2D eigenvalue weighted by Crippen LogP contribution is -2.40. The van der Waals surface area contributed by atoms with E-state index in [1.165, 1.54) is 0 Å². The van der Waals surface area contributed by atoms with E-state index in [0.717, 1.165) is 11.1 Å². The van der Waals surface area contributed by atoms with E-state index in [1.54, 1.807) is 31.2 Å². The molecule has 1 aliphatic heterocycles. The van der Waals surface area contributed by atoms with Gasteiger partial charge in [0.05, 0.1) is 0 Å². The Hall–Kier alpha value is -3.35. The standard InChI is InChI=1S/C20H21N3O4/c1-12-5-4-6-13(2)17(12)27-11-16(24)21-15-9-7-14(8-10-15)20(3)18(25)22-19(26)23-20/h4-10H,11H2,1-3H3,(H,21,24)(H2,22,23,25,26)/t20-/m0/s1. The summed E-state index contributed by atoms with van der Waals surface area (Å²) in [4.78, 5) is 35.5. The Balaban J connectivity index is 1.62. The number of rotatable bonds is 5. The van der Waals surface area contributed by atoms with E-state index in [2.05, 4.69) is 16.0 Å². The number of nitrogens with one attached hydrogen (secondary N) is 3. The molecule has 2 aromatic rings. The van der Waals surface area contributed by atoms with Crippen molar-refractivity contribution < 1.29 is 19.1 Å². The van der Waals surface area contributed by atoms with Crippen molar-refractivity contribution in [2.45, 2.75) is 26.3 Å². The fraction of sp³-hybridized carbons (Fsp3) is 0.250. The number of imide groups is 1. The van der Waals surface area contributed by atoms with Crippen molar-refractivity contribution in [3.63, 3.8) is 0 Å². The number of anilines is 1. The van der Waals surface area contributed by atoms with E-state index in [9.17, 15) is 14.4 Å². The van der Waals surface area contributed by atoms with Gasteiger partial charge < -0.3 is 15.4 Å². The molecule has 3 N–H and O–H groups in total. The normalized spacial score (nSPS) is 18.6. The Morgan fingerprint density at radius 1 is 1.07 bits per heavy atom. The highest BCUT2D eigenvalue weighted by Crippen LogP contribution is 2.26. The first-order valence-electron chi connectivity index (χ1n) is 8.52. The second-order valence-corrected chi connectivity index (χ2v) is 6.67. The molecule has 0 spiro atoms. The van der Waals surface area contributed by atoms with Gasteiger partial charge >= 0.3 is 6.03 Å². The van der Waals surface area contributed by atoms with E-state index in [0.29, 0.717) is 17.0 Å². The maximum Gasteiger partial charge on any atom is 0.322 e. The van der Waals surface area contributed by atoms with Gasteiger partial charge in [-0.25, -0.2) is 4.79 Å². The molecule has 4 amide bonds. The van der Waals surface area contributed by atoms with E-state index in [-0.39, 0.29) is 12.5 Å². The van der Waals surface area contributed by atoms with Crippen molar-refractivity contribution in [1.29, 1.82) is 0 Å². The van der Waals surface area contributed by atoms with Crippen LogP contribution in [0.2, 0.25) is 0 Å². The lowest BCUT2D eigenvalue weighted by Gasteiger charge is -2.21. The minimum absolute atomic E-state index is 0.108. The molecule has 0 unspecified atom stereocenters. The molecule has 27 heavy (non-hydrogen) atoms. The molecule has 0 saturated carbocycles. The fourth-order valence-corrected chi connectivity index (χ4v) is 2.99. The maximum atomic E-state index is 12.2. The van der Waals surface area contributed by atoms with Gasteiger partial charge in [-0.2, -0.15) is 0 Å². The second kappa shape index (κ2) is 7.11. The van der Waals surface area contributed by atoms with Gasteiger partial charge in [0.15, 0.2) is 6.61 Å². The molecular formula is C20H21N3O4. The molecule has 0 aromatic heterocycles. The molecule has 1 atom stereocenters. The minimum atomic E-state index is -1.12. The van der Waals surface area contributed by atoms with Crippen molar-refractivity contribution in [2.75, 3.05) is 11.9 Å². The topological polar surface area (TPSA) is 96.5 Å². The molecule has 1 heterocycles. The molecule has 0 radical (unpaired) electrons. The number of para-hydroxylation sites is 1. The predicted molar refractivity (Wildman–Crippen MR) is 101 cm³/mol. The van der Waals surface area contributed by atoms with Crippen LogP contribution < -0.4 is 20.7 Å². The summed E-state index contributed by atoms with van der Waals surface area (Å²) in [6.45, 7) is 5.37. The molecule has 1 aliphatic rings. The lowest BCUT2D eigenvalue weighted by atomic mass is 9.92. The van der Waals surface area contributed by atoms with Crippen LogP contribution in [0.1, 0.15) is 23.6 Å². The van der Waals surface area contributed by atoms with Crippen LogP contribution in [-0.2, 0) is 15.1 Å². The van der Waals surface area contributed by atoms with Crippen LogP contribution in [-0.4, -0.2) is 24.5 Å². The lowest BCUT2D eigenvalue weighted by molar-refractivity contribution is -0.123. The Morgan fingerprint density at radius 3 is 2.26 bits per heavy atom. The first-order valence-corrected chi connectivity index (χ1v) is 8.52. The first-order chi connectivity index (χ1) is 12.8. The number of ether oxygens (including phenoxy) is 1. The van der Waals surface area contributed by atoms with Crippen LogP contribution in [0, 0.1) is 13.8 Å². The summed E-state index contributed by atoms with van der Waals surface area (Å²) in [5, 5.41) is 7.57. The van der Waals surface area contributed by atoms with Gasteiger partial charge in [-0.1, -0.05) is 30.3 Å². The van der Waals surface area contributed by atoms with Gasteiger partial charge in [-0.15, -0.1) is 0 Å². The smallest absolute Gasteiger partial charge is 0.322 e. The van der Waals surface area contributed by atoms with Gasteiger partial charge in [0.1, 0.15) is 11.3 Å². The summed E-state index contributed by atoms with van der Waals surface area (Å²) >= 11 is 0. The number of hydrogen-bond acceptors (Lipinski definition) is 4. The summed E-state index contributed by atoms with van der Waals surface area (Å²) < 4.78 is 5.64. The van der Waals surface area contributed by atoms with E-state index in [1.807, 2.05) is 32.0 Å². The molecular weight excluding hydrogens is 346 g/mol. The number of carbonyl (C=O) groups is 3. The van der Waals surface area contributed by atoms with Gasteiger partial charge in [-0.3, -0.25) is 14.9 Å². The van der Waals surface area contributed by atoms with E-state index < -0.39 is 17.5 Å². The van der Waals surface area contributed by atoms with Crippen LogP contribution in [0.4, 0.5) is 10.5 Å². The van der Waals surface area contributed by atoms with Crippen LogP contribution in [0.15, 0.2) is 42.5 Å². The fourth-order valence-electron chi connectivity index (χ4n) is 2.99. The second-order valence-electron chi connectivity index (χ2n) is 6.67. The molecule has 7 heteroatoms. The van der Waals surface area contributed by atoms with Gasteiger partial charge in [0.25, 0.3) is 11.8 Å². The summed E-state index contributed by atoms with van der Waals surface area (Å²) in [5.41, 5.74) is 2.01. The third-order valence-electron chi connectivity index (χ3n) is 4.55. The van der Waals surface area contributed by atoms with Crippen LogP contribution in [0.5, 0.6) is 5.75 Å². The summed E-state index contributed by atoms with van der Waals surface area (Å²) in [5.74, 6) is 0.00808. The van der Waals surface area contributed by atoms with Crippen molar-refractivity contribution in [2.24, 2.45) is 0 Å². The predicted octanol–water partition coefficient (Wildman–Crippen LogP) is 2.38. The highest BCUT2D eigenvalue weighted by atomic mass is 16.5. The maximum absolute atomic E-state index is 12.2. The molecule has 2 aromatic carbocycles. The zero-order valence-electron chi connectivity index (χ0n) is 15.4. The Bertz CT molecular complexity index is 888.